The number of hydrogen-bond donors (Lipinski definition) is 2. The van der Waals surface area contributed by atoms with Crippen LogP contribution in [0.5, 0.6) is 5.75 Å². The van der Waals surface area contributed by atoms with Crippen molar-refractivity contribution in [3.63, 3.8) is 0 Å². The van der Waals surface area contributed by atoms with Crippen LogP contribution in [0.4, 0.5) is 0 Å². The quantitative estimate of drug-likeness (QED) is 0.739. The third-order valence-electron chi connectivity index (χ3n) is 6.92. The molecule has 0 unspecified atom stereocenters. The molecule has 2 atom stereocenters. The predicted octanol–water partition coefficient (Wildman–Crippen LogP) is 2.52. The van der Waals surface area contributed by atoms with E-state index in [1.54, 1.807) is 18.3 Å². The summed E-state index contributed by atoms with van der Waals surface area (Å²) in [5.41, 5.74) is -0.288. The molecular weight excluding hydrogens is 408 g/mol. The van der Waals surface area contributed by atoms with Crippen LogP contribution in [0.15, 0.2) is 23.1 Å². The van der Waals surface area contributed by atoms with Crippen LogP contribution in [0.25, 0.3) is 11.0 Å². The average molecular weight is 443 g/mol. The van der Waals surface area contributed by atoms with Crippen LogP contribution in [0.1, 0.15) is 56.8 Å². The van der Waals surface area contributed by atoms with Crippen molar-refractivity contribution in [1.82, 2.24) is 19.8 Å². The van der Waals surface area contributed by atoms with Crippen molar-refractivity contribution in [2.24, 2.45) is 5.92 Å². The van der Waals surface area contributed by atoms with Gasteiger partial charge in [0.05, 0.1) is 18.1 Å². The van der Waals surface area contributed by atoms with E-state index in [1.807, 2.05) is 6.92 Å². The molecular formula is C24H34N4O4. The number of ether oxygens (including phenoxy) is 1. The normalized spacial score (nSPS) is 26.8. The molecule has 1 aliphatic heterocycles. The average Bonchev–Trinajstić information content (AvgIpc) is 2.77. The Morgan fingerprint density at radius 3 is 2.72 bits per heavy atom. The highest BCUT2D eigenvalue weighted by atomic mass is 16.5. The largest absolute Gasteiger partial charge is 0.506 e. The van der Waals surface area contributed by atoms with Gasteiger partial charge in [0.1, 0.15) is 17.0 Å². The lowest BCUT2D eigenvalue weighted by Gasteiger charge is -2.36. The van der Waals surface area contributed by atoms with Gasteiger partial charge in [0.2, 0.25) is 0 Å². The third-order valence-corrected chi connectivity index (χ3v) is 6.92. The summed E-state index contributed by atoms with van der Waals surface area (Å²) in [4.78, 5) is 33.2. The molecule has 1 amide bonds. The molecule has 2 fully saturated rings. The maximum atomic E-state index is 13.4. The Morgan fingerprint density at radius 2 is 1.97 bits per heavy atom. The van der Waals surface area contributed by atoms with E-state index in [-0.39, 0.29) is 29.5 Å². The van der Waals surface area contributed by atoms with E-state index in [0.29, 0.717) is 36.6 Å². The van der Waals surface area contributed by atoms with Crippen molar-refractivity contribution in [2.75, 3.05) is 19.7 Å². The van der Waals surface area contributed by atoms with Crippen LogP contribution < -0.4 is 10.9 Å². The van der Waals surface area contributed by atoms with Gasteiger partial charge in [-0.2, -0.15) is 0 Å². The molecule has 2 aromatic heterocycles. The van der Waals surface area contributed by atoms with Crippen molar-refractivity contribution < 1.29 is 14.6 Å². The molecule has 0 radical (unpaired) electrons. The number of amides is 1. The Balaban J connectivity index is 1.63. The minimum absolute atomic E-state index is 0.0335. The number of fused-ring (bicyclic) bond motifs is 1. The van der Waals surface area contributed by atoms with E-state index in [2.05, 4.69) is 29.0 Å². The van der Waals surface area contributed by atoms with Crippen LogP contribution >= 0.6 is 0 Å². The lowest BCUT2D eigenvalue weighted by Crippen LogP contribution is -2.49. The molecule has 0 aromatic carbocycles. The van der Waals surface area contributed by atoms with Crippen molar-refractivity contribution in [3.05, 3.63) is 34.2 Å². The fraction of sp³-hybridized carbons (Fsp3) is 0.625. The second-order valence-electron chi connectivity index (χ2n) is 9.47. The van der Waals surface area contributed by atoms with Crippen LogP contribution in [-0.4, -0.2) is 63.3 Å². The summed E-state index contributed by atoms with van der Waals surface area (Å²) in [6, 6.07) is 3.68. The second-order valence-corrected chi connectivity index (χ2v) is 9.47. The maximum Gasteiger partial charge on any atom is 0.268 e. The fourth-order valence-electron chi connectivity index (χ4n) is 4.85. The summed E-state index contributed by atoms with van der Waals surface area (Å²) in [5.74, 6) is -0.130. The number of nitrogens with zero attached hydrogens (tertiary/aromatic N) is 3. The molecule has 4 rings (SSSR count). The number of hydrogen-bond acceptors (Lipinski definition) is 6. The Kier molecular flexibility index (Phi) is 6.81. The minimum Gasteiger partial charge on any atom is -0.506 e. The smallest absolute Gasteiger partial charge is 0.268 e. The molecule has 8 heteroatoms. The second kappa shape index (κ2) is 9.58. The number of carbonyl (C=O) groups excluding carboxylic acids is 1. The van der Waals surface area contributed by atoms with Gasteiger partial charge in [0.25, 0.3) is 11.5 Å². The number of carbonyl (C=O) groups is 1. The number of pyridine rings is 2. The molecule has 1 saturated heterocycles. The van der Waals surface area contributed by atoms with E-state index in [4.69, 9.17) is 4.74 Å². The third kappa shape index (κ3) is 4.66. The summed E-state index contributed by atoms with van der Waals surface area (Å²) in [6.45, 7) is 8.81. The lowest BCUT2D eigenvalue weighted by molar-refractivity contribution is -0.0501. The van der Waals surface area contributed by atoms with Crippen LogP contribution in [0, 0.1) is 5.92 Å². The van der Waals surface area contributed by atoms with Gasteiger partial charge in [-0.25, -0.2) is 4.98 Å². The van der Waals surface area contributed by atoms with Gasteiger partial charge in [-0.15, -0.1) is 0 Å². The van der Waals surface area contributed by atoms with E-state index in [0.717, 1.165) is 32.2 Å². The zero-order valence-corrected chi connectivity index (χ0v) is 19.2. The van der Waals surface area contributed by atoms with Crippen molar-refractivity contribution in [2.45, 2.75) is 71.2 Å². The van der Waals surface area contributed by atoms with Gasteiger partial charge in [-0.1, -0.05) is 6.92 Å². The number of nitrogens with one attached hydrogen (secondary N) is 1. The van der Waals surface area contributed by atoms with E-state index >= 15 is 0 Å². The molecule has 1 saturated carbocycles. The van der Waals surface area contributed by atoms with Crippen molar-refractivity contribution in [1.29, 1.82) is 0 Å². The molecule has 2 aliphatic rings. The Labute approximate surface area is 188 Å². The first-order valence-electron chi connectivity index (χ1n) is 11.7. The molecule has 1 aliphatic carbocycles. The molecule has 0 spiro atoms. The molecule has 3 heterocycles. The Hall–Kier alpha value is -2.45. The first-order valence-corrected chi connectivity index (χ1v) is 11.7. The monoisotopic (exact) mass is 442 g/mol. The summed E-state index contributed by atoms with van der Waals surface area (Å²) in [5, 5.41) is 14.3. The van der Waals surface area contributed by atoms with Crippen molar-refractivity contribution in [3.8, 4) is 5.75 Å². The van der Waals surface area contributed by atoms with E-state index in [9.17, 15) is 14.7 Å². The SMILES string of the molecule is C[C@@H]1CN(CCn2c(=O)c(C(=O)N[C@H]3CC[C@@H](C)CC3)c(O)c3cccnc32)[C@H](C)CO1. The topological polar surface area (TPSA) is 96.7 Å². The van der Waals surface area contributed by atoms with E-state index in [1.165, 1.54) is 4.57 Å². The first kappa shape index (κ1) is 22.7. The summed E-state index contributed by atoms with van der Waals surface area (Å²) in [7, 11) is 0. The number of aromatic hydroxyl groups is 1. The van der Waals surface area contributed by atoms with Crippen LogP contribution in [0.2, 0.25) is 0 Å². The zero-order chi connectivity index (χ0) is 22.8. The molecule has 32 heavy (non-hydrogen) atoms. The molecule has 2 N–H and O–H groups in total. The first-order chi connectivity index (χ1) is 15.3. The fourth-order valence-corrected chi connectivity index (χ4v) is 4.85. The van der Waals surface area contributed by atoms with Gasteiger partial charge in [0.15, 0.2) is 0 Å². The molecule has 8 nitrogen and oxygen atoms in total. The van der Waals surface area contributed by atoms with Gasteiger partial charge in [0, 0.05) is 37.9 Å². The van der Waals surface area contributed by atoms with Crippen molar-refractivity contribution >= 4 is 16.9 Å². The summed E-state index contributed by atoms with van der Waals surface area (Å²) < 4.78 is 7.23. The number of morpholine rings is 1. The molecule has 2 aromatic rings. The van der Waals surface area contributed by atoms with Gasteiger partial charge < -0.3 is 15.2 Å². The summed E-state index contributed by atoms with van der Waals surface area (Å²) in [6.07, 6.45) is 5.63. The van der Waals surface area contributed by atoms with Crippen LogP contribution in [-0.2, 0) is 11.3 Å². The highest BCUT2D eigenvalue weighted by molar-refractivity contribution is 6.01. The van der Waals surface area contributed by atoms with Gasteiger partial charge in [-0.05, 0) is 57.6 Å². The van der Waals surface area contributed by atoms with E-state index < -0.39 is 11.5 Å². The highest BCUT2D eigenvalue weighted by Crippen LogP contribution is 2.27. The number of aromatic nitrogens is 2. The van der Waals surface area contributed by atoms with Crippen LogP contribution in [0.3, 0.4) is 0 Å². The molecule has 174 valence electrons. The Morgan fingerprint density at radius 1 is 1.22 bits per heavy atom. The minimum atomic E-state index is -0.500. The lowest BCUT2D eigenvalue weighted by atomic mass is 9.87. The zero-order valence-electron chi connectivity index (χ0n) is 19.2. The summed E-state index contributed by atoms with van der Waals surface area (Å²) >= 11 is 0. The molecule has 0 bridgehead atoms. The number of rotatable bonds is 5. The van der Waals surface area contributed by atoms with Gasteiger partial charge >= 0.3 is 0 Å². The predicted molar refractivity (Wildman–Crippen MR) is 123 cm³/mol. The van der Waals surface area contributed by atoms with Gasteiger partial charge in [-0.3, -0.25) is 19.1 Å². The standard InChI is InChI=1S/C24H34N4O4/c1-15-6-8-18(9-7-15)26-23(30)20-21(29)19-5-4-10-25-22(19)28(24(20)31)12-11-27-13-17(3)32-14-16(27)2/h4-5,10,15-18,29H,6-9,11-14H2,1-3H3,(H,26,30)/t15-,16-,17-,18+/m1/s1. The highest BCUT2D eigenvalue weighted by Gasteiger charge is 2.28. The Bertz CT molecular complexity index is 1030. The maximum absolute atomic E-state index is 13.4.